The van der Waals surface area contributed by atoms with Gasteiger partial charge in [0, 0.05) is 13.6 Å². The van der Waals surface area contributed by atoms with E-state index in [-0.39, 0.29) is 5.91 Å². The number of carbonyl (C=O) groups excluding carboxylic acids is 1. The van der Waals surface area contributed by atoms with Gasteiger partial charge in [0.2, 0.25) is 5.91 Å². The summed E-state index contributed by atoms with van der Waals surface area (Å²) < 4.78 is 0. The third kappa shape index (κ3) is 3.82. The first-order chi connectivity index (χ1) is 9.01. The number of hydrogen-bond acceptors (Lipinski definition) is 1. The Labute approximate surface area is 116 Å². The molecule has 0 N–H and O–H groups in total. The number of rotatable bonds is 6. The summed E-state index contributed by atoms with van der Waals surface area (Å²) in [5.41, 5.74) is 3.42. The quantitative estimate of drug-likeness (QED) is 0.709. The van der Waals surface area contributed by atoms with Gasteiger partial charge in [0.15, 0.2) is 0 Å². The molecule has 0 heterocycles. The van der Waals surface area contributed by atoms with E-state index in [2.05, 4.69) is 45.2 Å². The largest absolute Gasteiger partial charge is 0.338 e. The van der Waals surface area contributed by atoms with Crippen LogP contribution in [0.2, 0.25) is 0 Å². The lowest BCUT2D eigenvalue weighted by molar-refractivity contribution is -0.124. The van der Waals surface area contributed by atoms with Gasteiger partial charge in [-0.25, -0.2) is 0 Å². The monoisotopic (exact) mass is 257 g/mol. The summed E-state index contributed by atoms with van der Waals surface area (Å²) in [5.74, 6) is 0.413. The lowest BCUT2D eigenvalue weighted by atomic mass is 9.90. The summed E-state index contributed by atoms with van der Waals surface area (Å²) in [6.07, 6.45) is 2.42. The van der Waals surface area contributed by atoms with E-state index < -0.39 is 0 Å². The van der Waals surface area contributed by atoms with Crippen LogP contribution in [0.3, 0.4) is 0 Å². The maximum atomic E-state index is 11.5. The predicted octanol–water partition coefficient (Wildman–Crippen LogP) is 3.86. The maximum Gasteiger partial charge on any atom is 0.245 e. The van der Waals surface area contributed by atoms with Gasteiger partial charge < -0.3 is 4.90 Å². The van der Waals surface area contributed by atoms with Crippen LogP contribution in [0.15, 0.2) is 43.5 Å². The standard InChI is InChI=1S/C17H23NO/c1-6-13(3)15-10-8-9-11-16(15)14(4)12-18(5)17(19)7-2/h7-11,13H,2,4,6,12H2,1,3,5H3. The molecule has 2 heteroatoms. The summed E-state index contributed by atoms with van der Waals surface area (Å²) in [6, 6.07) is 8.29. The molecule has 1 unspecified atom stereocenters. The van der Waals surface area contributed by atoms with Gasteiger partial charge in [0.25, 0.3) is 0 Å². The van der Waals surface area contributed by atoms with E-state index in [0.717, 1.165) is 17.6 Å². The van der Waals surface area contributed by atoms with Crippen molar-refractivity contribution >= 4 is 11.5 Å². The van der Waals surface area contributed by atoms with E-state index in [1.165, 1.54) is 11.6 Å². The summed E-state index contributed by atoms with van der Waals surface area (Å²) in [6.45, 7) is 12.5. The van der Waals surface area contributed by atoms with Gasteiger partial charge in [-0.3, -0.25) is 4.79 Å². The Kier molecular flexibility index (Phi) is 5.56. The number of likely N-dealkylation sites (N-methyl/N-ethyl adjacent to an activating group) is 1. The second-order valence-corrected chi connectivity index (χ2v) is 4.90. The van der Waals surface area contributed by atoms with Crippen LogP contribution in [0.4, 0.5) is 0 Å². The minimum absolute atomic E-state index is 0.0813. The fraction of sp³-hybridized carbons (Fsp3) is 0.353. The highest BCUT2D eigenvalue weighted by Crippen LogP contribution is 2.27. The molecule has 0 aliphatic carbocycles. The minimum Gasteiger partial charge on any atom is -0.338 e. The van der Waals surface area contributed by atoms with Crippen molar-refractivity contribution < 1.29 is 4.79 Å². The molecule has 0 aliphatic heterocycles. The third-order valence-corrected chi connectivity index (χ3v) is 3.46. The van der Waals surface area contributed by atoms with Crippen LogP contribution in [-0.4, -0.2) is 24.4 Å². The molecular formula is C17H23NO. The first-order valence-corrected chi connectivity index (χ1v) is 6.65. The summed E-state index contributed by atoms with van der Waals surface area (Å²) >= 11 is 0. The van der Waals surface area contributed by atoms with Crippen molar-refractivity contribution in [3.8, 4) is 0 Å². The highest BCUT2D eigenvalue weighted by molar-refractivity contribution is 5.88. The average Bonchev–Trinajstić information content (AvgIpc) is 2.45. The Morgan fingerprint density at radius 3 is 2.63 bits per heavy atom. The lowest BCUT2D eigenvalue weighted by Gasteiger charge is -2.20. The highest BCUT2D eigenvalue weighted by atomic mass is 16.2. The second-order valence-electron chi connectivity index (χ2n) is 4.90. The van der Waals surface area contributed by atoms with Crippen LogP contribution >= 0.6 is 0 Å². The molecule has 0 fully saturated rings. The fourth-order valence-electron chi connectivity index (χ4n) is 2.07. The van der Waals surface area contributed by atoms with Crippen molar-refractivity contribution in [1.82, 2.24) is 4.90 Å². The Morgan fingerprint density at radius 2 is 2.05 bits per heavy atom. The summed E-state index contributed by atoms with van der Waals surface area (Å²) in [5, 5.41) is 0. The second kappa shape index (κ2) is 6.93. The van der Waals surface area contributed by atoms with Crippen LogP contribution in [-0.2, 0) is 4.79 Å². The Balaban J connectivity index is 2.94. The molecule has 1 aromatic rings. The van der Waals surface area contributed by atoms with E-state index in [1.54, 1.807) is 11.9 Å². The Hall–Kier alpha value is -1.83. The van der Waals surface area contributed by atoms with Crippen molar-refractivity contribution in [3.05, 3.63) is 54.6 Å². The molecule has 1 amide bonds. The molecule has 0 aliphatic rings. The Bertz CT molecular complexity index is 476. The molecule has 1 atom stereocenters. The van der Waals surface area contributed by atoms with Gasteiger partial charge in [0.1, 0.15) is 0 Å². The number of benzene rings is 1. The zero-order valence-corrected chi connectivity index (χ0v) is 12.1. The molecule has 102 valence electrons. The van der Waals surface area contributed by atoms with E-state index in [1.807, 2.05) is 6.07 Å². The van der Waals surface area contributed by atoms with Gasteiger partial charge in [-0.15, -0.1) is 0 Å². The van der Waals surface area contributed by atoms with Crippen molar-refractivity contribution in [1.29, 1.82) is 0 Å². The van der Waals surface area contributed by atoms with Crippen molar-refractivity contribution in [2.45, 2.75) is 26.2 Å². The number of hydrogen-bond donors (Lipinski definition) is 0. The number of amides is 1. The van der Waals surface area contributed by atoms with Crippen molar-refractivity contribution in [2.75, 3.05) is 13.6 Å². The molecule has 0 spiro atoms. The lowest BCUT2D eigenvalue weighted by Crippen LogP contribution is -2.26. The molecule has 0 radical (unpaired) electrons. The van der Waals surface area contributed by atoms with E-state index in [9.17, 15) is 4.79 Å². The molecule has 19 heavy (non-hydrogen) atoms. The molecule has 0 bridgehead atoms. The smallest absolute Gasteiger partial charge is 0.245 e. The van der Waals surface area contributed by atoms with E-state index in [0.29, 0.717) is 12.5 Å². The first kappa shape index (κ1) is 15.2. The highest BCUT2D eigenvalue weighted by Gasteiger charge is 2.13. The van der Waals surface area contributed by atoms with Gasteiger partial charge in [0.05, 0.1) is 0 Å². The molecule has 0 saturated carbocycles. The molecule has 2 nitrogen and oxygen atoms in total. The summed E-state index contributed by atoms with van der Waals surface area (Å²) in [7, 11) is 1.76. The van der Waals surface area contributed by atoms with Crippen molar-refractivity contribution in [2.24, 2.45) is 0 Å². The van der Waals surface area contributed by atoms with Gasteiger partial charge in [-0.2, -0.15) is 0 Å². The zero-order valence-electron chi connectivity index (χ0n) is 12.1. The molecular weight excluding hydrogens is 234 g/mol. The van der Waals surface area contributed by atoms with Crippen molar-refractivity contribution in [3.63, 3.8) is 0 Å². The topological polar surface area (TPSA) is 20.3 Å². The van der Waals surface area contributed by atoms with E-state index >= 15 is 0 Å². The predicted molar refractivity (Wildman–Crippen MR) is 82.0 cm³/mol. The maximum absolute atomic E-state index is 11.5. The van der Waals surface area contributed by atoms with Crippen LogP contribution in [0.25, 0.3) is 5.57 Å². The van der Waals surface area contributed by atoms with Crippen LogP contribution in [0, 0.1) is 0 Å². The third-order valence-electron chi connectivity index (χ3n) is 3.46. The molecule has 0 saturated heterocycles. The Morgan fingerprint density at radius 1 is 1.42 bits per heavy atom. The fourth-order valence-corrected chi connectivity index (χ4v) is 2.07. The average molecular weight is 257 g/mol. The molecule has 1 rings (SSSR count). The van der Waals surface area contributed by atoms with Gasteiger partial charge in [-0.1, -0.05) is 51.3 Å². The SMILES string of the molecule is C=CC(=O)N(C)CC(=C)c1ccccc1C(C)CC. The van der Waals surface area contributed by atoms with Crippen LogP contribution < -0.4 is 0 Å². The number of nitrogens with zero attached hydrogens (tertiary/aromatic N) is 1. The molecule has 0 aromatic heterocycles. The van der Waals surface area contributed by atoms with E-state index in [4.69, 9.17) is 0 Å². The molecule has 1 aromatic carbocycles. The minimum atomic E-state index is -0.0813. The van der Waals surface area contributed by atoms with Gasteiger partial charge >= 0.3 is 0 Å². The van der Waals surface area contributed by atoms with Crippen LogP contribution in [0.1, 0.15) is 37.3 Å². The van der Waals surface area contributed by atoms with Gasteiger partial charge in [-0.05, 0) is 35.1 Å². The summed E-state index contributed by atoms with van der Waals surface area (Å²) in [4.78, 5) is 13.1. The normalized spacial score (nSPS) is 11.7. The zero-order chi connectivity index (χ0) is 14.4. The van der Waals surface area contributed by atoms with Crippen LogP contribution in [0.5, 0.6) is 0 Å². The first-order valence-electron chi connectivity index (χ1n) is 6.65. The number of carbonyl (C=O) groups is 1.